The first-order chi connectivity index (χ1) is 6.18. The molecule has 0 spiro atoms. The summed E-state index contributed by atoms with van der Waals surface area (Å²) in [5, 5.41) is 9.84. The molecule has 13 heavy (non-hydrogen) atoms. The van der Waals surface area contributed by atoms with E-state index in [2.05, 4.69) is 4.99 Å². The lowest BCUT2D eigenvalue weighted by Gasteiger charge is -2.22. The standard InChI is InChI=1S/C8H10N2O2S/c1-5-6(7(11)12)4-10-2-3-13-8(10)9-5/h2-4H2,1H3,(H,11,12). The van der Waals surface area contributed by atoms with Gasteiger partial charge in [-0.05, 0) is 6.92 Å². The second kappa shape index (κ2) is 3.06. The van der Waals surface area contributed by atoms with Gasteiger partial charge in [-0.15, -0.1) is 0 Å². The molecule has 2 aliphatic heterocycles. The fourth-order valence-corrected chi connectivity index (χ4v) is 2.46. The Morgan fingerprint density at radius 2 is 2.46 bits per heavy atom. The van der Waals surface area contributed by atoms with Crippen molar-refractivity contribution < 1.29 is 9.90 Å². The van der Waals surface area contributed by atoms with Gasteiger partial charge in [0.25, 0.3) is 0 Å². The zero-order chi connectivity index (χ0) is 9.42. The number of fused-ring (bicyclic) bond motifs is 1. The number of rotatable bonds is 1. The van der Waals surface area contributed by atoms with Gasteiger partial charge < -0.3 is 10.0 Å². The number of aliphatic imine (C=N–C) groups is 1. The van der Waals surface area contributed by atoms with Crippen molar-refractivity contribution in [3.05, 3.63) is 11.3 Å². The average molecular weight is 198 g/mol. The normalized spacial score (nSPS) is 21.6. The Morgan fingerprint density at radius 1 is 1.69 bits per heavy atom. The first-order valence-corrected chi connectivity index (χ1v) is 5.06. The minimum atomic E-state index is -0.850. The number of carboxylic acids is 1. The van der Waals surface area contributed by atoms with E-state index in [1.165, 1.54) is 0 Å². The Kier molecular flexibility index (Phi) is 2.03. The van der Waals surface area contributed by atoms with Gasteiger partial charge >= 0.3 is 5.97 Å². The fraction of sp³-hybridized carbons (Fsp3) is 0.500. The number of allylic oxidation sites excluding steroid dienone is 1. The Morgan fingerprint density at radius 3 is 3.15 bits per heavy atom. The SMILES string of the molecule is CC1=C(C(=O)O)CN2CCSC2=N1. The van der Waals surface area contributed by atoms with Gasteiger partial charge in [0.2, 0.25) is 0 Å². The molecule has 4 nitrogen and oxygen atoms in total. The molecule has 1 N–H and O–H groups in total. The Bertz CT molecular complexity index is 322. The summed E-state index contributed by atoms with van der Waals surface area (Å²) in [6.45, 7) is 3.17. The smallest absolute Gasteiger partial charge is 0.335 e. The molecule has 0 aromatic rings. The summed E-state index contributed by atoms with van der Waals surface area (Å²) in [6, 6.07) is 0. The van der Waals surface area contributed by atoms with Crippen molar-refractivity contribution in [2.24, 2.45) is 4.99 Å². The molecule has 0 bridgehead atoms. The van der Waals surface area contributed by atoms with Crippen molar-refractivity contribution in [1.29, 1.82) is 0 Å². The third kappa shape index (κ3) is 1.44. The molecule has 0 unspecified atom stereocenters. The highest BCUT2D eigenvalue weighted by Crippen LogP contribution is 2.25. The van der Waals surface area contributed by atoms with Crippen LogP contribution in [0.2, 0.25) is 0 Å². The lowest BCUT2D eigenvalue weighted by molar-refractivity contribution is -0.132. The minimum Gasteiger partial charge on any atom is -0.478 e. The molecule has 0 aromatic heterocycles. The molecular formula is C8H10N2O2S. The van der Waals surface area contributed by atoms with Crippen LogP contribution in [-0.4, -0.2) is 40.0 Å². The van der Waals surface area contributed by atoms with Crippen LogP contribution in [0.3, 0.4) is 0 Å². The highest BCUT2D eigenvalue weighted by Gasteiger charge is 2.27. The van der Waals surface area contributed by atoms with Crippen LogP contribution in [0.25, 0.3) is 0 Å². The molecule has 0 atom stereocenters. The Labute approximate surface area is 80.3 Å². The first-order valence-electron chi connectivity index (χ1n) is 4.08. The van der Waals surface area contributed by atoms with Gasteiger partial charge in [-0.1, -0.05) is 11.8 Å². The summed E-state index contributed by atoms with van der Waals surface area (Å²) in [7, 11) is 0. The number of carbonyl (C=O) groups is 1. The van der Waals surface area contributed by atoms with Crippen molar-refractivity contribution >= 4 is 22.9 Å². The zero-order valence-corrected chi connectivity index (χ0v) is 8.10. The molecule has 2 rings (SSSR count). The largest absolute Gasteiger partial charge is 0.478 e. The van der Waals surface area contributed by atoms with Gasteiger partial charge in [0.05, 0.1) is 17.8 Å². The lowest BCUT2D eigenvalue weighted by atomic mass is 10.2. The number of thioether (sulfide) groups is 1. The van der Waals surface area contributed by atoms with E-state index >= 15 is 0 Å². The quantitative estimate of drug-likeness (QED) is 0.676. The third-order valence-corrected chi connectivity index (χ3v) is 3.16. The van der Waals surface area contributed by atoms with Gasteiger partial charge in [-0.25, -0.2) is 9.79 Å². The molecule has 0 radical (unpaired) electrons. The van der Waals surface area contributed by atoms with Gasteiger partial charge in [0.15, 0.2) is 5.17 Å². The highest BCUT2D eigenvalue weighted by molar-refractivity contribution is 8.14. The maximum Gasteiger partial charge on any atom is 0.335 e. The predicted molar refractivity (Wildman–Crippen MR) is 51.8 cm³/mol. The van der Waals surface area contributed by atoms with Crippen molar-refractivity contribution in [1.82, 2.24) is 4.90 Å². The molecule has 2 heterocycles. The molecular weight excluding hydrogens is 188 g/mol. The first kappa shape index (κ1) is 8.62. The van der Waals surface area contributed by atoms with E-state index in [0.29, 0.717) is 17.8 Å². The number of hydrogen-bond donors (Lipinski definition) is 1. The van der Waals surface area contributed by atoms with Gasteiger partial charge in [0, 0.05) is 12.3 Å². The molecule has 0 saturated carbocycles. The summed E-state index contributed by atoms with van der Waals surface area (Å²) in [6.07, 6.45) is 0. The molecule has 1 saturated heterocycles. The summed E-state index contributed by atoms with van der Waals surface area (Å²) < 4.78 is 0. The van der Waals surface area contributed by atoms with E-state index in [1.807, 2.05) is 4.90 Å². The summed E-state index contributed by atoms with van der Waals surface area (Å²) in [4.78, 5) is 17.1. The monoisotopic (exact) mass is 198 g/mol. The van der Waals surface area contributed by atoms with Crippen LogP contribution in [-0.2, 0) is 4.79 Å². The highest BCUT2D eigenvalue weighted by atomic mass is 32.2. The lowest BCUT2D eigenvalue weighted by Crippen LogP contribution is -2.32. The Hall–Kier alpha value is -0.970. The topological polar surface area (TPSA) is 52.9 Å². The van der Waals surface area contributed by atoms with E-state index in [0.717, 1.165) is 17.5 Å². The van der Waals surface area contributed by atoms with Crippen molar-refractivity contribution in [3.8, 4) is 0 Å². The summed E-state index contributed by atoms with van der Waals surface area (Å²) in [5.74, 6) is 0.163. The second-order valence-electron chi connectivity index (χ2n) is 3.03. The molecule has 0 amide bonds. The number of hydrogen-bond acceptors (Lipinski definition) is 4. The maximum absolute atomic E-state index is 10.8. The van der Waals surface area contributed by atoms with E-state index < -0.39 is 5.97 Å². The van der Waals surface area contributed by atoms with Crippen LogP contribution >= 0.6 is 11.8 Å². The summed E-state index contributed by atoms with van der Waals surface area (Å²) in [5.41, 5.74) is 1.07. The number of amidine groups is 1. The predicted octanol–water partition coefficient (Wildman–Crippen LogP) is 0.763. The van der Waals surface area contributed by atoms with Crippen LogP contribution in [0.5, 0.6) is 0 Å². The van der Waals surface area contributed by atoms with Gasteiger partial charge in [0.1, 0.15) is 0 Å². The number of nitrogens with zero attached hydrogens (tertiary/aromatic N) is 2. The second-order valence-corrected chi connectivity index (χ2v) is 4.10. The van der Waals surface area contributed by atoms with Crippen molar-refractivity contribution in [3.63, 3.8) is 0 Å². The summed E-state index contributed by atoms with van der Waals surface area (Å²) >= 11 is 1.69. The molecule has 0 aromatic carbocycles. The molecule has 1 fully saturated rings. The molecule has 5 heteroatoms. The van der Waals surface area contributed by atoms with Crippen molar-refractivity contribution in [2.75, 3.05) is 18.8 Å². The molecule has 70 valence electrons. The van der Waals surface area contributed by atoms with Crippen LogP contribution in [0.1, 0.15) is 6.92 Å². The zero-order valence-electron chi connectivity index (χ0n) is 7.28. The number of carboxylic acid groups (broad SMARTS) is 1. The van der Waals surface area contributed by atoms with Gasteiger partial charge in [-0.2, -0.15) is 0 Å². The maximum atomic E-state index is 10.8. The van der Waals surface area contributed by atoms with Crippen LogP contribution in [0, 0.1) is 0 Å². The molecule has 2 aliphatic rings. The average Bonchev–Trinajstić information content (AvgIpc) is 2.48. The van der Waals surface area contributed by atoms with E-state index in [-0.39, 0.29) is 0 Å². The van der Waals surface area contributed by atoms with Crippen LogP contribution < -0.4 is 0 Å². The number of aliphatic carboxylic acids is 1. The van der Waals surface area contributed by atoms with E-state index in [1.54, 1.807) is 18.7 Å². The molecule has 0 aliphatic carbocycles. The Balaban J connectivity index is 2.32. The van der Waals surface area contributed by atoms with Crippen molar-refractivity contribution in [2.45, 2.75) is 6.92 Å². The van der Waals surface area contributed by atoms with E-state index in [4.69, 9.17) is 5.11 Å². The van der Waals surface area contributed by atoms with E-state index in [9.17, 15) is 4.79 Å². The third-order valence-electron chi connectivity index (χ3n) is 2.17. The fourth-order valence-electron chi connectivity index (χ4n) is 1.42. The van der Waals surface area contributed by atoms with Crippen LogP contribution in [0.15, 0.2) is 16.3 Å². The van der Waals surface area contributed by atoms with Gasteiger partial charge in [-0.3, -0.25) is 0 Å². The minimum absolute atomic E-state index is 0.422. The van der Waals surface area contributed by atoms with Crippen LogP contribution in [0.4, 0.5) is 0 Å².